The van der Waals surface area contributed by atoms with E-state index in [-0.39, 0.29) is 6.04 Å². The minimum atomic E-state index is 0.250. The van der Waals surface area contributed by atoms with E-state index in [0.29, 0.717) is 24.3 Å². The van der Waals surface area contributed by atoms with Gasteiger partial charge in [-0.3, -0.25) is 4.79 Å². The van der Waals surface area contributed by atoms with Crippen molar-refractivity contribution in [1.82, 2.24) is 10.2 Å². The highest BCUT2D eigenvalue weighted by Gasteiger charge is 2.30. The molecule has 0 aromatic heterocycles. The molecule has 1 aliphatic carbocycles. The lowest BCUT2D eigenvalue weighted by atomic mass is 9.97. The third-order valence-electron chi connectivity index (χ3n) is 4.69. The number of carbonyl (C=O) groups is 1. The van der Waals surface area contributed by atoms with E-state index in [1.807, 2.05) is 0 Å². The predicted molar refractivity (Wildman–Crippen MR) is 77.8 cm³/mol. The van der Waals surface area contributed by atoms with Crippen LogP contribution in [0.1, 0.15) is 51.9 Å². The van der Waals surface area contributed by atoms with Crippen molar-refractivity contribution < 1.29 is 4.79 Å². The van der Waals surface area contributed by atoms with Crippen LogP contribution in [0.15, 0.2) is 0 Å². The number of piperidine rings is 1. The number of nitrogens with one attached hydrogen (secondary N) is 1. The van der Waals surface area contributed by atoms with Crippen molar-refractivity contribution in [1.29, 1.82) is 0 Å². The van der Waals surface area contributed by atoms with Gasteiger partial charge in [0.2, 0.25) is 5.91 Å². The summed E-state index contributed by atoms with van der Waals surface area (Å²) in [6.07, 6.45) is 7.35. The average Bonchev–Trinajstić information content (AvgIpc) is 2.82. The molecule has 1 amide bonds. The molecule has 1 saturated carbocycles. The third-order valence-corrected chi connectivity index (χ3v) is 4.69. The van der Waals surface area contributed by atoms with Crippen molar-refractivity contribution in [2.75, 3.05) is 19.6 Å². The lowest BCUT2D eigenvalue weighted by Gasteiger charge is -2.35. The fourth-order valence-electron chi connectivity index (χ4n) is 3.53. The smallest absolute Gasteiger partial charge is 0.223 e. The molecule has 0 bridgehead atoms. The predicted octanol–water partition coefficient (Wildman–Crippen LogP) is 1.49. The second-order valence-electron chi connectivity index (χ2n) is 6.13. The first-order valence-corrected chi connectivity index (χ1v) is 7.98. The second-order valence-corrected chi connectivity index (χ2v) is 6.13. The van der Waals surface area contributed by atoms with Crippen molar-refractivity contribution in [2.45, 2.75) is 64.0 Å². The summed E-state index contributed by atoms with van der Waals surface area (Å²) in [5.74, 6) is 0.768. The topological polar surface area (TPSA) is 58.4 Å². The molecule has 2 aliphatic rings. The number of carbonyl (C=O) groups excluding carboxylic acids is 1. The maximum absolute atomic E-state index is 12.6. The summed E-state index contributed by atoms with van der Waals surface area (Å²) in [5, 5.41) is 3.37. The van der Waals surface area contributed by atoms with E-state index < -0.39 is 0 Å². The Balaban J connectivity index is 1.91. The van der Waals surface area contributed by atoms with Crippen LogP contribution in [-0.2, 0) is 4.79 Å². The zero-order valence-corrected chi connectivity index (χ0v) is 12.2. The highest BCUT2D eigenvalue weighted by molar-refractivity contribution is 5.77. The molecule has 1 saturated heterocycles. The Labute approximate surface area is 117 Å². The van der Waals surface area contributed by atoms with Gasteiger partial charge in [-0.2, -0.15) is 0 Å². The molecule has 2 rings (SSSR count). The van der Waals surface area contributed by atoms with Gasteiger partial charge in [0.1, 0.15) is 0 Å². The molecule has 0 radical (unpaired) electrons. The Morgan fingerprint density at radius 2 is 2.00 bits per heavy atom. The molecule has 1 heterocycles. The van der Waals surface area contributed by atoms with Gasteiger partial charge in [-0.15, -0.1) is 0 Å². The molecule has 110 valence electrons. The zero-order valence-electron chi connectivity index (χ0n) is 12.2. The largest absolute Gasteiger partial charge is 0.340 e. The normalized spacial score (nSPS) is 28.5. The first-order chi connectivity index (χ1) is 9.22. The van der Waals surface area contributed by atoms with E-state index >= 15 is 0 Å². The van der Waals surface area contributed by atoms with Crippen LogP contribution in [0.5, 0.6) is 0 Å². The summed E-state index contributed by atoms with van der Waals surface area (Å²) < 4.78 is 0. The van der Waals surface area contributed by atoms with Gasteiger partial charge < -0.3 is 16.0 Å². The van der Waals surface area contributed by atoms with Gasteiger partial charge in [-0.05, 0) is 51.1 Å². The molecule has 2 atom stereocenters. The van der Waals surface area contributed by atoms with Crippen LogP contribution < -0.4 is 11.1 Å². The Morgan fingerprint density at radius 3 is 2.58 bits per heavy atom. The quantitative estimate of drug-likeness (QED) is 0.793. The number of hydrogen-bond acceptors (Lipinski definition) is 3. The molecule has 4 nitrogen and oxygen atoms in total. The number of rotatable bonds is 5. The number of hydrogen-bond donors (Lipinski definition) is 2. The third kappa shape index (κ3) is 3.93. The molecule has 0 aromatic carbocycles. The van der Waals surface area contributed by atoms with Gasteiger partial charge in [-0.1, -0.05) is 13.3 Å². The van der Waals surface area contributed by atoms with Crippen molar-refractivity contribution >= 4 is 5.91 Å². The summed E-state index contributed by atoms with van der Waals surface area (Å²) in [5.41, 5.74) is 6.10. The van der Waals surface area contributed by atoms with Crippen LogP contribution in [-0.4, -0.2) is 42.5 Å². The van der Waals surface area contributed by atoms with Crippen molar-refractivity contribution in [2.24, 2.45) is 11.7 Å². The number of nitrogens with zero attached hydrogens (tertiary/aromatic N) is 1. The van der Waals surface area contributed by atoms with Crippen LogP contribution in [0, 0.1) is 5.92 Å². The van der Waals surface area contributed by atoms with E-state index in [1.54, 1.807) is 0 Å². The minimum Gasteiger partial charge on any atom is -0.340 e. The first-order valence-electron chi connectivity index (χ1n) is 7.98. The highest BCUT2D eigenvalue weighted by Crippen LogP contribution is 2.28. The Morgan fingerprint density at radius 1 is 1.26 bits per heavy atom. The summed E-state index contributed by atoms with van der Waals surface area (Å²) in [6, 6.07) is 0.701. The fraction of sp³-hybridized carbons (Fsp3) is 0.933. The van der Waals surface area contributed by atoms with Crippen molar-refractivity contribution in [3.05, 3.63) is 0 Å². The van der Waals surface area contributed by atoms with Gasteiger partial charge in [0, 0.05) is 25.0 Å². The lowest BCUT2D eigenvalue weighted by Crippen LogP contribution is -2.47. The van der Waals surface area contributed by atoms with E-state index in [2.05, 4.69) is 17.1 Å². The molecule has 4 heteroatoms. The van der Waals surface area contributed by atoms with Gasteiger partial charge in [0.25, 0.3) is 0 Å². The summed E-state index contributed by atoms with van der Waals surface area (Å²) in [7, 11) is 0. The molecular formula is C15H29N3O. The van der Waals surface area contributed by atoms with Crippen LogP contribution in [0.3, 0.4) is 0 Å². The van der Waals surface area contributed by atoms with Gasteiger partial charge in [0.05, 0.1) is 0 Å². The highest BCUT2D eigenvalue weighted by atomic mass is 16.2. The second kappa shape index (κ2) is 7.25. The van der Waals surface area contributed by atoms with E-state index in [0.717, 1.165) is 51.7 Å². The Hall–Kier alpha value is -0.610. The van der Waals surface area contributed by atoms with Crippen molar-refractivity contribution in [3.8, 4) is 0 Å². The maximum atomic E-state index is 12.6. The van der Waals surface area contributed by atoms with Gasteiger partial charge in [0.15, 0.2) is 0 Å². The van der Waals surface area contributed by atoms with Gasteiger partial charge >= 0.3 is 0 Å². The SMILES string of the molecule is CCCN(C(=O)C[C@@H]1CCC[C@H]1N)C1CCNCC1. The van der Waals surface area contributed by atoms with Crippen LogP contribution in [0.2, 0.25) is 0 Å². The Bertz CT molecular complexity index is 289. The lowest BCUT2D eigenvalue weighted by molar-refractivity contribution is -0.135. The molecular weight excluding hydrogens is 238 g/mol. The average molecular weight is 267 g/mol. The summed E-state index contributed by atoms with van der Waals surface area (Å²) in [4.78, 5) is 14.7. The minimum absolute atomic E-state index is 0.250. The number of nitrogens with two attached hydrogens (primary N) is 1. The van der Waals surface area contributed by atoms with E-state index in [1.165, 1.54) is 6.42 Å². The Kier molecular flexibility index (Phi) is 5.64. The summed E-state index contributed by atoms with van der Waals surface area (Å²) >= 11 is 0. The summed E-state index contributed by atoms with van der Waals surface area (Å²) in [6.45, 7) is 5.15. The molecule has 1 aliphatic heterocycles. The first kappa shape index (κ1) is 14.8. The van der Waals surface area contributed by atoms with Crippen LogP contribution in [0.4, 0.5) is 0 Å². The maximum Gasteiger partial charge on any atom is 0.223 e. The standard InChI is InChI=1S/C15H29N3O/c1-2-10-18(13-6-8-17-9-7-13)15(19)11-12-4-3-5-14(12)16/h12-14,17H,2-11,16H2,1H3/t12-,14+/m0/s1. The number of amides is 1. The van der Waals surface area contributed by atoms with Gasteiger partial charge in [-0.25, -0.2) is 0 Å². The molecule has 0 aromatic rings. The molecule has 2 fully saturated rings. The molecule has 0 spiro atoms. The molecule has 3 N–H and O–H groups in total. The van der Waals surface area contributed by atoms with Crippen LogP contribution >= 0.6 is 0 Å². The van der Waals surface area contributed by atoms with E-state index in [4.69, 9.17) is 5.73 Å². The van der Waals surface area contributed by atoms with Crippen LogP contribution in [0.25, 0.3) is 0 Å². The molecule has 19 heavy (non-hydrogen) atoms. The zero-order chi connectivity index (χ0) is 13.7. The monoisotopic (exact) mass is 267 g/mol. The fourth-order valence-corrected chi connectivity index (χ4v) is 3.53. The molecule has 0 unspecified atom stereocenters. The van der Waals surface area contributed by atoms with Crippen molar-refractivity contribution in [3.63, 3.8) is 0 Å². The van der Waals surface area contributed by atoms with E-state index in [9.17, 15) is 4.79 Å².